The molecule has 0 saturated heterocycles. The van der Waals surface area contributed by atoms with Gasteiger partial charge in [-0.25, -0.2) is 4.79 Å². The second-order valence-electron chi connectivity index (χ2n) is 8.50. The van der Waals surface area contributed by atoms with Crippen LogP contribution in [0.5, 0.6) is 5.75 Å². The third-order valence-electron chi connectivity index (χ3n) is 6.02. The first-order chi connectivity index (χ1) is 18.0. The van der Waals surface area contributed by atoms with Gasteiger partial charge >= 0.3 is 12.1 Å². The summed E-state index contributed by atoms with van der Waals surface area (Å²) in [6.07, 6.45) is 0.276. The lowest BCUT2D eigenvalue weighted by atomic mass is 9.94. The lowest BCUT2D eigenvalue weighted by molar-refractivity contribution is -0.136. The molecule has 9 heteroatoms. The van der Waals surface area contributed by atoms with Gasteiger partial charge in [-0.1, -0.05) is 65.8 Å². The zero-order valence-electron chi connectivity index (χ0n) is 20.0. The summed E-state index contributed by atoms with van der Waals surface area (Å²) >= 11 is 0. The van der Waals surface area contributed by atoms with Gasteiger partial charge < -0.3 is 23.8 Å². The van der Waals surface area contributed by atoms with Gasteiger partial charge in [0, 0.05) is 5.56 Å². The van der Waals surface area contributed by atoms with Crippen LogP contribution in [0.3, 0.4) is 0 Å². The summed E-state index contributed by atoms with van der Waals surface area (Å²) in [5, 5.41) is 15.6. The number of nitrogens with one attached hydrogen (secondary N) is 1. The van der Waals surface area contributed by atoms with Gasteiger partial charge in [0.15, 0.2) is 12.6 Å². The van der Waals surface area contributed by atoms with Crippen molar-refractivity contribution >= 4 is 17.7 Å². The Morgan fingerprint density at radius 2 is 1.81 bits per heavy atom. The fraction of sp³-hybridized carbons (Fsp3) is 0.179. The van der Waals surface area contributed by atoms with Crippen LogP contribution >= 0.6 is 0 Å². The van der Waals surface area contributed by atoms with Crippen molar-refractivity contribution in [2.24, 2.45) is 0 Å². The van der Waals surface area contributed by atoms with Crippen LogP contribution in [0.1, 0.15) is 29.7 Å². The van der Waals surface area contributed by atoms with E-state index in [2.05, 4.69) is 10.5 Å². The molecule has 3 aromatic carbocycles. The van der Waals surface area contributed by atoms with E-state index < -0.39 is 18.2 Å². The Bertz CT molecular complexity index is 1410. The highest BCUT2D eigenvalue weighted by Gasteiger charge is 2.25. The SMILES string of the molecule is CC(OC(=O)Nc1cnoc1-c1ccc(-c2ccc(CC(=O)O)cc2)c2c1OCOC2)c1ccccc1. The van der Waals surface area contributed by atoms with Crippen molar-refractivity contribution < 1.29 is 33.4 Å². The van der Waals surface area contributed by atoms with E-state index >= 15 is 0 Å². The number of nitrogens with zero attached hydrogens (tertiary/aromatic N) is 1. The zero-order chi connectivity index (χ0) is 25.8. The molecule has 9 nitrogen and oxygen atoms in total. The average molecular weight is 501 g/mol. The van der Waals surface area contributed by atoms with Crippen LogP contribution in [0.15, 0.2) is 77.4 Å². The molecule has 2 heterocycles. The van der Waals surface area contributed by atoms with Gasteiger partial charge in [-0.2, -0.15) is 0 Å². The van der Waals surface area contributed by atoms with Crippen molar-refractivity contribution in [2.45, 2.75) is 26.1 Å². The summed E-state index contributed by atoms with van der Waals surface area (Å²) < 4.78 is 22.4. The minimum Gasteiger partial charge on any atom is -0.481 e. The second-order valence-corrected chi connectivity index (χ2v) is 8.50. The van der Waals surface area contributed by atoms with E-state index in [1.807, 2.05) is 54.6 Å². The molecule has 1 aliphatic rings. The fourth-order valence-electron chi connectivity index (χ4n) is 4.22. The van der Waals surface area contributed by atoms with Crippen molar-refractivity contribution in [1.29, 1.82) is 0 Å². The molecule has 0 spiro atoms. The van der Waals surface area contributed by atoms with Gasteiger partial charge in [-0.15, -0.1) is 0 Å². The van der Waals surface area contributed by atoms with E-state index in [1.165, 1.54) is 6.20 Å². The molecule has 1 amide bonds. The molecule has 0 saturated carbocycles. The topological polar surface area (TPSA) is 120 Å². The molecular formula is C28H24N2O7. The number of hydrogen-bond donors (Lipinski definition) is 2. The quantitative estimate of drug-likeness (QED) is 0.326. The summed E-state index contributed by atoms with van der Waals surface area (Å²) in [4.78, 5) is 23.6. The number of rotatable bonds is 7. The molecule has 1 unspecified atom stereocenters. The zero-order valence-corrected chi connectivity index (χ0v) is 20.0. The molecule has 5 rings (SSSR count). The van der Waals surface area contributed by atoms with Gasteiger partial charge in [-0.3, -0.25) is 10.1 Å². The number of carbonyl (C=O) groups is 2. The van der Waals surface area contributed by atoms with Gasteiger partial charge in [0.2, 0.25) is 0 Å². The maximum atomic E-state index is 12.6. The Balaban J connectivity index is 1.41. The van der Waals surface area contributed by atoms with E-state index in [0.717, 1.165) is 22.3 Å². The summed E-state index contributed by atoms with van der Waals surface area (Å²) in [5.74, 6) is 0.00108. The lowest BCUT2D eigenvalue weighted by Gasteiger charge is -2.23. The first kappa shape index (κ1) is 24.1. The molecule has 37 heavy (non-hydrogen) atoms. The maximum absolute atomic E-state index is 12.6. The number of carboxylic acid groups (broad SMARTS) is 1. The number of anilines is 1. The number of fused-ring (bicyclic) bond motifs is 1. The average Bonchev–Trinajstić information content (AvgIpc) is 3.36. The van der Waals surface area contributed by atoms with Crippen LogP contribution in [-0.2, 0) is 27.3 Å². The highest BCUT2D eigenvalue weighted by Crippen LogP contribution is 2.43. The number of hydrogen-bond acceptors (Lipinski definition) is 7. The number of aliphatic carboxylic acids is 1. The third kappa shape index (κ3) is 5.31. The molecule has 1 aliphatic heterocycles. The molecule has 0 fully saturated rings. The number of carbonyl (C=O) groups excluding carboxylic acids is 1. The van der Waals surface area contributed by atoms with E-state index in [4.69, 9.17) is 23.8 Å². The van der Waals surface area contributed by atoms with E-state index in [-0.39, 0.29) is 13.2 Å². The predicted molar refractivity (Wildman–Crippen MR) is 134 cm³/mol. The molecular weight excluding hydrogens is 476 g/mol. The van der Waals surface area contributed by atoms with E-state index in [9.17, 15) is 9.59 Å². The Morgan fingerprint density at radius 1 is 1.05 bits per heavy atom. The number of benzene rings is 3. The third-order valence-corrected chi connectivity index (χ3v) is 6.02. The van der Waals surface area contributed by atoms with Crippen molar-refractivity contribution in [1.82, 2.24) is 5.16 Å². The normalized spacial score (nSPS) is 13.2. The Kier molecular flexibility index (Phi) is 6.87. The largest absolute Gasteiger partial charge is 0.481 e. The molecule has 1 aromatic heterocycles. The van der Waals surface area contributed by atoms with Crippen LogP contribution in [0.2, 0.25) is 0 Å². The van der Waals surface area contributed by atoms with Gasteiger partial charge in [0.1, 0.15) is 17.5 Å². The van der Waals surface area contributed by atoms with Crippen molar-refractivity contribution in [3.05, 3.63) is 89.6 Å². The lowest BCUT2D eigenvalue weighted by Crippen LogP contribution is -2.16. The predicted octanol–water partition coefficient (Wildman–Crippen LogP) is 5.81. The van der Waals surface area contributed by atoms with Crippen LogP contribution < -0.4 is 10.1 Å². The molecule has 188 valence electrons. The smallest absolute Gasteiger partial charge is 0.412 e. The molecule has 4 aromatic rings. The van der Waals surface area contributed by atoms with Crippen molar-refractivity contribution in [3.63, 3.8) is 0 Å². The second kappa shape index (κ2) is 10.5. The van der Waals surface area contributed by atoms with Gasteiger partial charge in [0.25, 0.3) is 0 Å². The summed E-state index contributed by atoms with van der Waals surface area (Å²) in [6.45, 7) is 2.16. The molecule has 0 radical (unpaired) electrons. The molecule has 0 aliphatic carbocycles. The van der Waals surface area contributed by atoms with Gasteiger partial charge in [-0.05, 0) is 35.2 Å². The van der Waals surface area contributed by atoms with Gasteiger partial charge in [0.05, 0.1) is 24.8 Å². The summed E-state index contributed by atoms with van der Waals surface area (Å²) in [5.41, 5.74) is 5.10. The number of ether oxygens (including phenoxy) is 3. The van der Waals surface area contributed by atoms with E-state index in [1.54, 1.807) is 19.1 Å². The fourth-order valence-corrected chi connectivity index (χ4v) is 4.22. The summed E-state index contributed by atoms with van der Waals surface area (Å²) in [6, 6.07) is 20.5. The van der Waals surface area contributed by atoms with Crippen molar-refractivity contribution in [3.8, 4) is 28.2 Å². The molecule has 0 bridgehead atoms. The van der Waals surface area contributed by atoms with Crippen LogP contribution in [0, 0.1) is 0 Å². The molecule has 1 atom stereocenters. The highest BCUT2D eigenvalue weighted by atomic mass is 16.7. The first-order valence-electron chi connectivity index (χ1n) is 11.6. The Labute approximate surface area is 212 Å². The maximum Gasteiger partial charge on any atom is 0.412 e. The Morgan fingerprint density at radius 3 is 2.57 bits per heavy atom. The standard InChI is InChI=1S/C28H24N2O7/c1-17(19-5-3-2-4-6-19)36-28(33)30-24-14-29-37-27(24)22-12-11-21(23-15-34-16-35-26(22)23)20-9-7-18(8-10-20)13-25(31)32/h2-12,14,17H,13,15-16H2,1H3,(H,30,33)(H,31,32). The number of amides is 1. The van der Waals surface area contributed by atoms with Crippen LogP contribution in [-0.4, -0.2) is 29.1 Å². The monoisotopic (exact) mass is 500 g/mol. The highest BCUT2D eigenvalue weighted by molar-refractivity contribution is 5.91. The summed E-state index contributed by atoms with van der Waals surface area (Å²) in [7, 11) is 0. The molecule has 2 N–H and O–H groups in total. The first-order valence-corrected chi connectivity index (χ1v) is 11.6. The van der Waals surface area contributed by atoms with Crippen LogP contribution in [0.25, 0.3) is 22.5 Å². The van der Waals surface area contributed by atoms with Crippen LogP contribution in [0.4, 0.5) is 10.5 Å². The number of aromatic nitrogens is 1. The number of carboxylic acids is 1. The minimum atomic E-state index is -0.883. The van der Waals surface area contributed by atoms with Crippen molar-refractivity contribution in [2.75, 3.05) is 12.1 Å². The van der Waals surface area contributed by atoms with E-state index in [0.29, 0.717) is 34.9 Å². The Hall–Kier alpha value is -4.63. The minimum absolute atomic E-state index is 0.0443.